The van der Waals surface area contributed by atoms with Crippen molar-refractivity contribution in [3.63, 3.8) is 0 Å². The van der Waals surface area contributed by atoms with Crippen LogP contribution in [-0.4, -0.2) is 45.1 Å². The number of benzene rings is 2. The van der Waals surface area contributed by atoms with Gasteiger partial charge in [-0.15, -0.1) is 0 Å². The predicted octanol–water partition coefficient (Wildman–Crippen LogP) is 3.41. The summed E-state index contributed by atoms with van der Waals surface area (Å²) in [5, 5.41) is 3.21. The zero-order valence-corrected chi connectivity index (χ0v) is 18.8. The number of piperidine rings is 1. The van der Waals surface area contributed by atoms with Crippen LogP contribution in [0, 0.1) is 0 Å². The number of carbonyl (C=O) groups excluding carboxylic acids is 1. The molecule has 0 atom stereocenters. The molecule has 0 aliphatic carbocycles. The summed E-state index contributed by atoms with van der Waals surface area (Å²) in [6, 6.07) is 14.6. The number of hydrogen-bond donors (Lipinski definition) is 1. The Labute approximate surface area is 183 Å². The highest BCUT2D eigenvalue weighted by Gasteiger charge is 2.21. The van der Waals surface area contributed by atoms with Crippen molar-refractivity contribution in [2.75, 3.05) is 30.2 Å². The van der Waals surface area contributed by atoms with E-state index in [1.807, 2.05) is 12.1 Å². The molecule has 162 valence electrons. The molecule has 1 aliphatic rings. The van der Waals surface area contributed by atoms with E-state index < -0.39 is 10.0 Å². The van der Waals surface area contributed by atoms with E-state index in [0.29, 0.717) is 17.3 Å². The van der Waals surface area contributed by atoms with Gasteiger partial charge in [0.25, 0.3) is 0 Å². The van der Waals surface area contributed by atoms with Gasteiger partial charge in [-0.1, -0.05) is 48.4 Å². The van der Waals surface area contributed by atoms with E-state index in [1.54, 1.807) is 18.2 Å². The standard InChI is InChI=1S/C22H28ClN3O3S/c1-30(28,29)26(21-7-5-6-20(23)14-21)17-22(27)24-15-18-8-10-19(11-9-18)16-25-12-3-2-4-13-25/h5-11,14H,2-4,12-13,15-17H2,1H3,(H,24,27). The number of halogens is 1. The lowest BCUT2D eigenvalue weighted by atomic mass is 10.1. The van der Waals surface area contributed by atoms with Crippen molar-refractivity contribution in [1.29, 1.82) is 0 Å². The van der Waals surface area contributed by atoms with Gasteiger partial charge in [-0.25, -0.2) is 8.42 Å². The van der Waals surface area contributed by atoms with Gasteiger partial charge in [0.15, 0.2) is 0 Å². The molecule has 1 fully saturated rings. The second-order valence-corrected chi connectivity index (χ2v) is 10.0. The van der Waals surface area contributed by atoms with Crippen molar-refractivity contribution in [3.05, 3.63) is 64.7 Å². The molecule has 8 heteroatoms. The second kappa shape index (κ2) is 10.3. The van der Waals surface area contributed by atoms with E-state index in [-0.39, 0.29) is 12.5 Å². The van der Waals surface area contributed by atoms with Crippen LogP contribution in [0.1, 0.15) is 30.4 Å². The molecule has 30 heavy (non-hydrogen) atoms. The number of sulfonamides is 1. The van der Waals surface area contributed by atoms with Crippen LogP contribution in [0.15, 0.2) is 48.5 Å². The Balaban J connectivity index is 1.55. The molecule has 0 radical (unpaired) electrons. The molecule has 0 unspecified atom stereocenters. The summed E-state index contributed by atoms with van der Waals surface area (Å²) in [4.78, 5) is 14.9. The van der Waals surface area contributed by atoms with Crippen LogP contribution in [0.2, 0.25) is 5.02 Å². The third kappa shape index (κ3) is 6.72. The lowest BCUT2D eigenvalue weighted by Gasteiger charge is -2.26. The monoisotopic (exact) mass is 449 g/mol. The Morgan fingerprint density at radius 1 is 1.07 bits per heavy atom. The molecule has 6 nitrogen and oxygen atoms in total. The number of nitrogens with one attached hydrogen (secondary N) is 1. The molecule has 1 N–H and O–H groups in total. The fourth-order valence-corrected chi connectivity index (χ4v) is 4.59. The van der Waals surface area contributed by atoms with Gasteiger partial charge in [0.2, 0.25) is 15.9 Å². The zero-order chi connectivity index (χ0) is 21.6. The maximum absolute atomic E-state index is 12.4. The lowest BCUT2D eigenvalue weighted by molar-refractivity contribution is -0.119. The van der Waals surface area contributed by atoms with Gasteiger partial charge in [-0.05, 0) is 55.3 Å². The van der Waals surface area contributed by atoms with Gasteiger partial charge in [0, 0.05) is 18.1 Å². The van der Waals surface area contributed by atoms with Gasteiger partial charge in [-0.2, -0.15) is 0 Å². The summed E-state index contributed by atoms with van der Waals surface area (Å²) < 4.78 is 25.4. The number of amides is 1. The first-order chi connectivity index (χ1) is 14.3. The van der Waals surface area contributed by atoms with Crippen LogP contribution < -0.4 is 9.62 Å². The zero-order valence-electron chi connectivity index (χ0n) is 17.2. The van der Waals surface area contributed by atoms with Crippen LogP contribution in [0.25, 0.3) is 0 Å². The van der Waals surface area contributed by atoms with E-state index in [1.165, 1.54) is 30.9 Å². The van der Waals surface area contributed by atoms with E-state index >= 15 is 0 Å². The summed E-state index contributed by atoms with van der Waals surface area (Å²) in [7, 11) is -3.62. The van der Waals surface area contributed by atoms with E-state index in [4.69, 9.17) is 11.6 Å². The first kappa shape index (κ1) is 22.6. The average Bonchev–Trinajstić information content (AvgIpc) is 2.71. The SMILES string of the molecule is CS(=O)(=O)N(CC(=O)NCc1ccc(CN2CCCCC2)cc1)c1cccc(Cl)c1. The maximum Gasteiger partial charge on any atom is 0.241 e. The Hall–Kier alpha value is -2.09. The molecule has 0 spiro atoms. The Kier molecular flexibility index (Phi) is 7.75. The smallest absolute Gasteiger partial charge is 0.241 e. The maximum atomic E-state index is 12.4. The summed E-state index contributed by atoms with van der Waals surface area (Å²) in [6.07, 6.45) is 4.93. The van der Waals surface area contributed by atoms with Crippen molar-refractivity contribution in [1.82, 2.24) is 10.2 Å². The van der Waals surface area contributed by atoms with Crippen LogP contribution >= 0.6 is 11.6 Å². The minimum absolute atomic E-state index is 0.299. The molecule has 0 aromatic heterocycles. The third-order valence-electron chi connectivity index (χ3n) is 5.15. The number of likely N-dealkylation sites (tertiary alicyclic amines) is 1. The molecular weight excluding hydrogens is 422 g/mol. The van der Waals surface area contributed by atoms with E-state index in [2.05, 4.69) is 22.3 Å². The van der Waals surface area contributed by atoms with Crippen LogP contribution in [0.3, 0.4) is 0 Å². The fourth-order valence-electron chi connectivity index (χ4n) is 3.56. The molecular formula is C22H28ClN3O3S. The Morgan fingerprint density at radius 3 is 2.37 bits per heavy atom. The van der Waals surface area contributed by atoms with Crippen molar-refractivity contribution < 1.29 is 13.2 Å². The van der Waals surface area contributed by atoms with Gasteiger partial charge in [0.1, 0.15) is 6.54 Å². The molecule has 0 saturated carbocycles. The normalized spacial score (nSPS) is 15.0. The minimum Gasteiger partial charge on any atom is -0.350 e. The molecule has 1 heterocycles. The van der Waals surface area contributed by atoms with Gasteiger partial charge in [-0.3, -0.25) is 14.0 Å². The van der Waals surface area contributed by atoms with Crippen molar-refractivity contribution in [2.45, 2.75) is 32.4 Å². The van der Waals surface area contributed by atoms with Gasteiger partial charge >= 0.3 is 0 Å². The quantitative estimate of drug-likeness (QED) is 0.670. The number of nitrogens with zero attached hydrogens (tertiary/aromatic N) is 2. The molecule has 3 rings (SSSR count). The summed E-state index contributed by atoms with van der Waals surface area (Å²) >= 11 is 5.97. The topological polar surface area (TPSA) is 69.7 Å². The largest absolute Gasteiger partial charge is 0.350 e. The highest BCUT2D eigenvalue weighted by atomic mass is 35.5. The van der Waals surface area contributed by atoms with Crippen molar-refractivity contribution in [3.8, 4) is 0 Å². The highest BCUT2D eigenvalue weighted by Crippen LogP contribution is 2.21. The summed E-state index contributed by atoms with van der Waals surface area (Å²) in [5.74, 6) is -0.377. The number of anilines is 1. The van der Waals surface area contributed by atoms with Crippen molar-refractivity contribution in [2.24, 2.45) is 0 Å². The van der Waals surface area contributed by atoms with Crippen LogP contribution in [-0.2, 0) is 27.9 Å². The summed E-state index contributed by atoms with van der Waals surface area (Å²) in [6.45, 7) is 3.31. The van der Waals surface area contributed by atoms with Crippen LogP contribution in [0.5, 0.6) is 0 Å². The van der Waals surface area contributed by atoms with Gasteiger partial charge < -0.3 is 5.32 Å². The molecule has 0 bridgehead atoms. The number of carbonyl (C=O) groups is 1. The van der Waals surface area contributed by atoms with Gasteiger partial charge in [0.05, 0.1) is 11.9 Å². The molecule has 1 amide bonds. The third-order valence-corrected chi connectivity index (χ3v) is 6.53. The molecule has 1 saturated heterocycles. The number of rotatable bonds is 8. The Bertz CT molecular complexity index is 958. The summed E-state index contributed by atoms with van der Waals surface area (Å²) in [5.41, 5.74) is 2.60. The average molecular weight is 450 g/mol. The second-order valence-electron chi connectivity index (χ2n) is 7.68. The predicted molar refractivity (Wildman–Crippen MR) is 121 cm³/mol. The highest BCUT2D eigenvalue weighted by molar-refractivity contribution is 7.92. The van der Waals surface area contributed by atoms with E-state index in [9.17, 15) is 13.2 Å². The van der Waals surface area contributed by atoms with E-state index in [0.717, 1.165) is 35.8 Å². The lowest BCUT2D eigenvalue weighted by Crippen LogP contribution is -2.40. The molecule has 1 aliphatic heterocycles. The first-order valence-corrected chi connectivity index (χ1v) is 12.3. The van der Waals surface area contributed by atoms with Crippen LogP contribution in [0.4, 0.5) is 5.69 Å². The minimum atomic E-state index is -3.62. The fraction of sp³-hybridized carbons (Fsp3) is 0.409. The molecule has 2 aromatic carbocycles. The Morgan fingerprint density at radius 2 is 1.73 bits per heavy atom. The van der Waals surface area contributed by atoms with Crippen molar-refractivity contribution >= 4 is 33.2 Å². The first-order valence-electron chi connectivity index (χ1n) is 10.1. The number of hydrogen-bond acceptors (Lipinski definition) is 4. The molecule has 2 aromatic rings.